The van der Waals surface area contributed by atoms with E-state index in [9.17, 15) is 13.6 Å². The van der Waals surface area contributed by atoms with Crippen LogP contribution in [0.3, 0.4) is 0 Å². The normalized spacial score (nSPS) is 19.0. The molecule has 1 aliphatic rings. The summed E-state index contributed by atoms with van der Waals surface area (Å²) in [5, 5.41) is 0. The number of hydrogen-bond acceptors (Lipinski definition) is 1. The molecular weight excluding hydrogens is 140 g/mol. The van der Waals surface area contributed by atoms with Crippen molar-refractivity contribution < 1.29 is 13.6 Å². The van der Waals surface area contributed by atoms with E-state index in [1.54, 1.807) is 0 Å². The third-order valence-corrected chi connectivity index (χ3v) is 1.60. The van der Waals surface area contributed by atoms with Crippen LogP contribution in [0.2, 0.25) is 0 Å². The van der Waals surface area contributed by atoms with Gasteiger partial charge in [-0.1, -0.05) is 0 Å². The van der Waals surface area contributed by atoms with Crippen LogP contribution in [0.5, 0.6) is 0 Å². The summed E-state index contributed by atoms with van der Waals surface area (Å²) >= 11 is 0. The minimum absolute atomic E-state index is 0.0301. The lowest BCUT2D eigenvalue weighted by atomic mass is 10.1. The van der Waals surface area contributed by atoms with Gasteiger partial charge in [0.2, 0.25) is 0 Å². The van der Waals surface area contributed by atoms with Crippen molar-refractivity contribution in [2.24, 2.45) is 11.7 Å². The first kappa shape index (κ1) is 7.44. The summed E-state index contributed by atoms with van der Waals surface area (Å²) in [5.74, 6) is -4.75. The number of hydrogen-bond donors (Lipinski definition) is 1. The SMILES string of the molecule is NC(=O)C(F)(F)CC1CC1. The van der Waals surface area contributed by atoms with Gasteiger partial charge in [-0.05, 0) is 18.8 Å². The molecule has 0 radical (unpaired) electrons. The first-order chi connectivity index (χ1) is 4.52. The average Bonchev–Trinajstić information content (AvgIpc) is 2.48. The van der Waals surface area contributed by atoms with Gasteiger partial charge in [0.15, 0.2) is 0 Å². The van der Waals surface area contributed by atoms with Crippen LogP contribution in [-0.4, -0.2) is 11.8 Å². The van der Waals surface area contributed by atoms with Gasteiger partial charge < -0.3 is 5.73 Å². The lowest BCUT2D eigenvalue weighted by Gasteiger charge is -2.09. The molecule has 1 rings (SSSR count). The highest BCUT2D eigenvalue weighted by Crippen LogP contribution is 2.38. The predicted octanol–water partition coefficient (Wildman–Crippen LogP) is 0.907. The molecule has 0 atom stereocenters. The Hall–Kier alpha value is -0.670. The van der Waals surface area contributed by atoms with E-state index in [0.717, 1.165) is 12.8 Å². The Balaban J connectivity index is 2.40. The molecule has 0 spiro atoms. The third kappa shape index (κ3) is 1.65. The molecule has 0 bridgehead atoms. The van der Waals surface area contributed by atoms with Crippen LogP contribution in [0.1, 0.15) is 19.3 Å². The first-order valence-electron chi connectivity index (χ1n) is 3.20. The van der Waals surface area contributed by atoms with E-state index >= 15 is 0 Å². The van der Waals surface area contributed by atoms with Gasteiger partial charge in [-0.15, -0.1) is 0 Å². The van der Waals surface area contributed by atoms with Crippen molar-refractivity contribution >= 4 is 5.91 Å². The zero-order valence-corrected chi connectivity index (χ0v) is 5.44. The van der Waals surface area contributed by atoms with E-state index < -0.39 is 11.8 Å². The van der Waals surface area contributed by atoms with Gasteiger partial charge in [0, 0.05) is 6.42 Å². The van der Waals surface area contributed by atoms with Crippen LogP contribution in [-0.2, 0) is 4.79 Å². The summed E-state index contributed by atoms with van der Waals surface area (Å²) in [6.07, 6.45) is 1.26. The number of amides is 1. The lowest BCUT2D eigenvalue weighted by molar-refractivity contribution is -0.143. The largest absolute Gasteiger partial charge is 0.364 e. The number of carbonyl (C=O) groups is 1. The van der Waals surface area contributed by atoms with Gasteiger partial charge in [-0.2, -0.15) is 8.78 Å². The predicted molar refractivity (Wildman–Crippen MR) is 31.5 cm³/mol. The lowest BCUT2D eigenvalue weighted by Crippen LogP contribution is -2.35. The van der Waals surface area contributed by atoms with E-state index in [4.69, 9.17) is 0 Å². The molecule has 0 aromatic carbocycles. The molecule has 1 amide bonds. The van der Waals surface area contributed by atoms with Gasteiger partial charge in [-0.3, -0.25) is 4.79 Å². The number of halogens is 2. The zero-order valence-electron chi connectivity index (χ0n) is 5.44. The average molecular weight is 149 g/mol. The molecule has 0 heterocycles. The fourth-order valence-electron chi connectivity index (χ4n) is 0.785. The number of rotatable bonds is 3. The highest BCUT2D eigenvalue weighted by molar-refractivity contribution is 5.81. The summed E-state index contributed by atoms with van der Waals surface area (Å²) in [4.78, 5) is 10.1. The topological polar surface area (TPSA) is 43.1 Å². The van der Waals surface area contributed by atoms with Crippen LogP contribution in [0, 0.1) is 5.92 Å². The number of carbonyl (C=O) groups excluding carboxylic acids is 1. The molecule has 1 aliphatic carbocycles. The summed E-state index contributed by atoms with van der Waals surface area (Å²) in [6.45, 7) is 0. The molecule has 1 fully saturated rings. The van der Waals surface area contributed by atoms with E-state index in [2.05, 4.69) is 5.73 Å². The second-order valence-electron chi connectivity index (χ2n) is 2.72. The summed E-state index contributed by atoms with van der Waals surface area (Å²) < 4.78 is 24.7. The van der Waals surface area contributed by atoms with Gasteiger partial charge in [0.05, 0.1) is 0 Å². The Morgan fingerprint density at radius 1 is 1.60 bits per heavy atom. The molecule has 0 aliphatic heterocycles. The van der Waals surface area contributed by atoms with E-state index in [-0.39, 0.29) is 12.3 Å². The number of alkyl halides is 2. The molecule has 0 aromatic heterocycles. The fraction of sp³-hybridized carbons (Fsp3) is 0.833. The maximum absolute atomic E-state index is 12.4. The van der Waals surface area contributed by atoms with Crippen molar-refractivity contribution in [3.8, 4) is 0 Å². The van der Waals surface area contributed by atoms with E-state index in [1.165, 1.54) is 0 Å². The Bertz CT molecular complexity index is 154. The van der Waals surface area contributed by atoms with Gasteiger partial charge >= 0.3 is 5.92 Å². The van der Waals surface area contributed by atoms with Crippen molar-refractivity contribution in [1.29, 1.82) is 0 Å². The standard InChI is InChI=1S/C6H9F2NO/c7-6(8,5(9)10)3-4-1-2-4/h4H,1-3H2,(H2,9,10). The van der Waals surface area contributed by atoms with Crippen molar-refractivity contribution in [1.82, 2.24) is 0 Å². The van der Waals surface area contributed by atoms with Crippen molar-refractivity contribution in [2.75, 3.05) is 0 Å². The van der Waals surface area contributed by atoms with Crippen LogP contribution in [0.15, 0.2) is 0 Å². The first-order valence-corrected chi connectivity index (χ1v) is 3.20. The summed E-state index contributed by atoms with van der Waals surface area (Å²) in [6, 6.07) is 0. The Morgan fingerprint density at radius 2 is 2.10 bits per heavy atom. The Morgan fingerprint density at radius 3 is 2.40 bits per heavy atom. The maximum Gasteiger partial charge on any atom is 0.324 e. The molecule has 0 saturated heterocycles. The number of primary amides is 1. The molecule has 2 N–H and O–H groups in total. The molecule has 4 heteroatoms. The molecule has 1 saturated carbocycles. The van der Waals surface area contributed by atoms with E-state index in [0.29, 0.717) is 0 Å². The summed E-state index contributed by atoms with van der Waals surface area (Å²) in [5.41, 5.74) is 4.46. The van der Waals surface area contributed by atoms with E-state index in [1.807, 2.05) is 0 Å². The second-order valence-corrected chi connectivity index (χ2v) is 2.72. The Labute approximate surface area is 57.4 Å². The molecule has 0 unspecified atom stereocenters. The molecular formula is C6H9F2NO. The highest BCUT2D eigenvalue weighted by Gasteiger charge is 2.42. The van der Waals surface area contributed by atoms with Crippen LogP contribution in [0.25, 0.3) is 0 Å². The minimum Gasteiger partial charge on any atom is -0.364 e. The van der Waals surface area contributed by atoms with Crippen LogP contribution < -0.4 is 5.73 Å². The van der Waals surface area contributed by atoms with Crippen molar-refractivity contribution in [3.63, 3.8) is 0 Å². The monoisotopic (exact) mass is 149 g/mol. The zero-order chi connectivity index (χ0) is 7.78. The smallest absolute Gasteiger partial charge is 0.324 e. The quantitative estimate of drug-likeness (QED) is 0.636. The maximum atomic E-state index is 12.4. The molecule has 10 heavy (non-hydrogen) atoms. The van der Waals surface area contributed by atoms with Gasteiger partial charge in [0.25, 0.3) is 5.91 Å². The molecule has 2 nitrogen and oxygen atoms in total. The van der Waals surface area contributed by atoms with Gasteiger partial charge in [-0.25, -0.2) is 0 Å². The second kappa shape index (κ2) is 2.18. The van der Waals surface area contributed by atoms with Gasteiger partial charge in [0.1, 0.15) is 0 Å². The van der Waals surface area contributed by atoms with Crippen LogP contribution >= 0.6 is 0 Å². The van der Waals surface area contributed by atoms with Crippen molar-refractivity contribution in [3.05, 3.63) is 0 Å². The van der Waals surface area contributed by atoms with Crippen molar-refractivity contribution in [2.45, 2.75) is 25.2 Å². The van der Waals surface area contributed by atoms with Crippen LogP contribution in [0.4, 0.5) is 8.78 Å². The summed E-state index contributed by atoms with van der Waals surface area (Å²) in [7, 11) is 0. The third-order valence-electron chi connectivity index (χ3n) is 1.60. The minimum atomic E-state index is -3.28. The molecule has 58 valence electrons. The molecule has 0 aromatic rings. The number of nitrogens with two attached hydrogens (primary N) is 1. The highest BCUT2D eigenvalue weighted by atomic mass is 19.3. The fourth-order valence-corrected chi connectivity index (χ4v) is 0.785. The Kier molecular flexibility index (Phi) is 1.62.